The fraction of sp³-hybridized carbons (Fsp3) is 0.300. The number of halogens is 1. The second-order valence-electron chi connectivity index (χ2n) is 6.68. The molecule has 0 spiro atoms. The summed E-state index contributed by atoms with van der Waals surface area (Å²) in [5, 5.41) is 6.26. The van der Waals surface area contributed by atoms with E-state index in [1.165, 1.54) is 4.68 Å². The summed E-state index contributed by atoms with van der Waals surface area (Å²) in [4.78, 5) is 15.4. The Morgan fingerprint density at radius 3 is 2.52 bits per heavy atom. The lowest BCUT2D eigenvalue weighted by Gasteiger charge is -2.28. The Balaban J connectivity index is 1.80. The summed E-state index contributed by atoms with van der Waals surface area (Å²) >= 11 is 6.22. The van der Waals surface area contributed by atoms with E-state index < -0.39 is 0 Å². The molecule has 0 amide bonds. The summed E-state index contributed by atoms with van der Waals surface area (Å²) in [6, 6.07) is 15.1. The Kier molecular flexibility index (Phi) is 4.32. The van der Waals surface area contributed by atoms with E-state index in [1.807, 2.05) is 30.3 Å². The Bertz CT molecular complexity index is 926. The van der Waals surface area contributed by atoms with Gasteiger partial charge in [0.15, 0.2) is 0 Å². The van der Waals surface area contributed by atoms with Crippen molar-refractivity contribution in [2.45, 2.75) is 18.8 Å². The van der Waals surface area contributed by atoms with Crippen molar-refractivity contribution >= 4 is 28.4 Å². The zero-order valence-electron chi connectivity index (χ0n) is 14.2. The van der Waals surface area contributed by atoms with Gasteiger partial charge in [-0.3, -0.25) is 4.79 Å². The lowest BCUT2D eigenvalue weighted by Crippen LogP contribution is -2.29. The van der Waals surface area contributed by atoms with E-state index in [4.69, 9.17) is 16.7 Å². The first-order valence-corrected chi connectivity index (χ1v) is 8.98. The highest BCUT2D eigenvalue weighted by atomic mass is 35.5. The standard InChI is InChI=1S/C20H20ClN3O/c1-23-12-10-14(11-13-23)19-16-7-3-5-9-18(16)24(22-19)20(25)15-6-2-4-8-17(15)21/h2-9,14H,10-13H2,1H3. The van der Waals surface area contributed by atoms with Crippen LogP contribution >= 0.6 is 11.6 Å². The molecule has 128 valence electrons. The topological polar surface area (TPSA) is 38.1 Å². The van der Waals surface area contributed by atoms with Crippen LogP contribution in [-0.4, -0.2) is 40.7 Å². The van der Waals surface area contributed by atoms with E-state index in [0.717, 1.165) is 42.5 Å². The van der Waals surface area contributed by atoms with Crippen molar-refractivity contribution in [3.63, 3.8) is 0 Å². The fourth-order valence-corrected chi connectivity index (χ4v) is 3.79. The molecule has 25 heavy (non-hydrogen) atoms. The lowest BCUT2D eigenvalue weighted by atomic mass is 9.92. The summed E-state index contributed by atoms with van der Waals surface area (Å²) in [7, 11) is 2.15. The van der Waals surface area contributed by atoms with Gasteiger partial charge in [0.05, 0.1) is 21.8 Å². The summed E-state index contributed by atoms with van der Waals surface area (Å²) in [6.45, 7) is 2.12. The van der Waals surface area contributed by atoms with Crippen LogP contribution in [0.4, 0.5) is 0 Å². The number of para-hydroxylation sites is 1. The highest BCUT2D eigenvalue weighted by molar-refractivity contribution is 6.34. The number of hydrogen-bond donors (Lipinski definition) is 0. The monoisotopic (exact) mass is 353 g/mol. The van der Waals surface area contributed by atoms with Crippen LogP contribution in [0.15, 0.2) is 48.5 Å². The molecule has 0 saturated carbocycles. The largest absolute Gasteiger partial charge is 0.306 e. The van der Waals surface area contributed by atoms with Gasteiger partial charge < -0.3 is 4.90 Å². The minimum absolute atomic E-state index is 0.180. The number of aromatic nitrogens is 2. The van der Waals surface area contributed by atoms with Gasteiger partial charge in [-0.15, -0.1) is 0 Å². The van der Waals surface area contributed by atoms with Gasteiger partial charge in [0.1, 0.15) is 0 Å². The van der Waals surface area contributed by atoms with Gasteiger partial charge in [0, 0.05) is 11.3 Å². The zero-order chi connectivity index (χ0) is 17.4. The summed E-state index contributed by atoms with van der Waals surface area (Å²) < 4.78 is 1.52. The maximum Gasteiger partial charge on any atom is 0.280 e. The van der Waals surface area contributed by atoms with Crippen molar-refractivity contribution in [3.8, 4) is 0 Å². The Hall–Kier alpha value is -2.17. The zero-order valence-corrected chi connectivity index (χ0v) is 14.9. The number of carbonyl (C=O) groups is 1. The predicted molar refractivity (Wildman–Crippen MR) is 100 cm³/mol. The molecule has 1 aromatic heterocycles. The molecule has 5 heteroatoms. The number of benzene rings is 2. The molecule has 2 heterocycles. The van der Waals surface area contributed by atoms with E-state index in [9.17, 15) is 4.79 Å². The highest BCUT2D eigenvalue weighted by Gasteiger charge is 2.25. The smallest absolute Gasteiger partial charge is 0.280 e. The van der Waals surface area contributed by atoms with E-state index in [1.54, 1.807) is 12.1 Å². The summed E-state index contributed by atoms with van der Waals surface area (Å²) in [6.07, 6.45) is 2.13. The van der Waals surface area contributed by atoms with Gasteiger partial charge in [-0.1, -0.05) is 41.9 Å². The molecule has 1 fully saturated rings. The molecule has 4 nitrogen and oxygen atoms in total. The molecule has 1 aliphatic rings. The lowest BCUT2D eigenvalue weighted by molar-refractivity contribution is 0.0949. The van der Waals surface area contributed by atoms with Crippen LogP contribution < -0.4 is 0 Å². The molecule has 0 aliphatic carbocycles. The average molecular weight is 354 g/mol. The second-order valence-corrected chi connectivity index (χ2v) is 7.08. The van der Waals surface area contributed by atoms with Gasteiger partial charge in [-0.05, 0) is 51.2 Å². The third-order valence-electron chi connectivity index (χ3n) is 5.02. The van der Waals surface area contributed by atoms with Crippen molar-refractivity contribution in [3.05, 3.63) is 64.8 Å². The maximum absolute atomic E-state index is 13.0. The number of nitrogens with zero attached hydrogens (tertiary/aromatic N) is 3. The van der Waals surface area contributed by atoms with Crippen molar-refractivity contribution in [2.24, 2.45) is 0 Å². The molecule has 0 bridgehead atoms. The first kappa shape index (κ1) is 16.3. The molecule has 0 atom stereocenters. The van der Waals surface area contributed by atoms with Crippen LogP contribution in [0.1, 0.15) is 34.8 Å². The third-order valence-corrected chi connectivity index (χ3v) is 5.35. The average Bonchev–Trinajstić information content (AvgIpc) is 3.02. The summed E-state index contributed by atoms with van der Waals surface area (Å²) in [5.74, 6) is 0.211. The van der Waals surface area contributed by atoms with E-state index in [-0.39, 0.29) is 5.91 Å². The Labute approximate surface area is 152 Å². The molecule has 1 saturated heterocycles. The number of fused-ring (bicyclic) bond motifs is 1. The molecule has 0 radical (unpaired) electrons. The van der Waals surface area contributed by atoms with Crippen LogP contribution in [-0.2, 0) is 0 Å². The quantitative estimate of drug-likeness (QED) is 0.693. The third kappa shape index (κ3) is 2.96. The minimum atomic E-state index is -0.180. The Morgan fingerprint density at radius 1 is 1.08 bits per heavy atom. The number of carbonyl (C=O) groups excluding carboxylic acids is 1. The molecule has 0 unspecified atom stereocenters. The van der Waals surface area contributed by atoms with E-state index in [2.05, 4.69) is 18.0 Å². The molecule has 4 rings (SSSR count). The van der Waals surface area contributed by atoms with Gasteiger partial charge in [-0.25, -0.2) is 0 Å². The number of hydrogen-bond acceptors (Lipinski definition) is 3. The number of rotatable bonds is 2. The number of likely N-dealkylation sites (tertiary alicyclic amines) is 1. The van der Waals surface area contributed by atoms with Gasteiger partial charge in [0.25, 0.3) is 5.91 Å². The molecule has 3 aromatic rings. The van der Waals surface area contributed by atoms with Crippen LogP contribution in [0.3, 0.4) is 0 Å². The molecule has 0 N–H and O–H groups in total. The first-order valence-electron chi connectivity index (χ1n) is 8.60. The van der Waals surface area contributed by atoms with Crippen molar-refractivity contribution in [1.29, 1.82) is 0 Å². The van der Waals surface area contributed by atoms with Crippen LogP contribution in [0.5, 0.6) is 0 Å². The maximum atomic E-state index is 13.0. The SMILES string of the molecule is CN1CCC(c2nn(C(=O)c3ccccc3Cl)c3ccccc23)CC1. The van der Waals surface area contributed by atoms with Crippen molar-refractivity contribution < 1.29 is 4.79 Å². The van der Waals surface area contributed by atoms with Gasteiger partial charge in [-0.2, -0.15) is 9.78 Å². The molecule has 1 aliphatic heterocycles. The predicted octanol–water partition coefficient (Wildman–Crippen LogP) is 4.19. The van der Waals surface area contributed by atoms with Crippen LogP contribution in [0.2, 0.25) is 5.02 Å². The van der Waals surface area contributed by atoms with Gasteiger partial charge in [0.2, 0.25) is 0 Å². The Morgan fingerprint density at radius 2 is 1.76 bits per heavy atom. The van der Waals surface area contributed by atoms with E-state index in [0.29, 0.717) is 16.5 Å². The second kappa shape index (κ2) is 6.62. The fourth-order valence-electron chi connectivity index (χ4n) is 3.58. The van der Waals surface area contributed by atoms with E-state index >= 15 is 0 Å². The van der Waals surface area contributed by atoms with Crippen molar-refractivity contribution in [1.82, 2.24) is 14.7 Å². The first-order chi connectivity index (χ1) is 12.1. The molecular weight excluding hydrogens is 334 g/mol. The highest BCUT2D eigenvalue weighted by Crippen LogP contribution is 2.32. The minimum Gasteiger partial charge on any atom is -0.306 e. The normalized spacial score (nSPS) is 16.4. The van der Waals surface area contributed by atoms with Crippen molar-refractivity contribution in [2.75, 3.05) is 20.1 Å². The summed E-state index contributed by atoms with van der Waals surface area (Å²) in [5.41, 5.74) is 2.36. The van der Waals surface area contributed by atoms with Crippen LogP contribution in [0.25, 0.3) is 10.9 Å². The molecular formula is C20H20ClN3O. The number of piperidine rings is 1. The van der Waals surface area contributed by atoms with Gasteiger partial charge >= 0.3 is 0 Å². The molecule has 2 aromatic carbocycles. The van der Waals surface area contributed by atoms with Crippen LogP contribution in [0, 0.1) is 0 Å².